The second kappa shape index (κ2) is 7.17. The summed E-state index contributed by atoms with van der Waals surface area (Å²) < 4.78 is 27.5. The maximum atomic E-state index is 12.5. The highest BCUT2D eigenvalue weighted by molar-refractivity contribution is 7.92. The van der Waals surface area contributed by atoms with Crippen molar-refractivity contribution in [2.24, 2.45) is 0 Å². The zero-order chi connectivity index (χ0) is 18.7. The summed E-state index contributed by atoms with van der Waals surface area (Å²) >= 11 is 0. The van der Waals surface area contributed by atoms with Gasteiger partial charge in [0.2, 0.25) is 0 Å². The van der Waals surface area contributed by atoms with Gasteiger partial charge in [-0.25, -0.2) is 13.4 Å². The number of nitrogens with zero attached hydrogens (tertiary/aromatic N) is 1. The molecule has 0 unspecified atom stereocenters. The van der Waals surface area contributed by atoms with Gasteiger partial charge in [-0.1, -0.05) is 30.3 Å². The summed E-state index contributed by atoms with van der Waals surface area (Å²) in [6.45, 7) is 5.82. The highest BCUT2D eigenvalue weighted by Gasteiger charge is 2.16. The quantitative estimate of drug-likeness (QED) is 0.694. The molecule has 1 heterocycles. The van der Waals surface area contributed by atoms with Crippen LogP contribution >= 0.6 is 0 Å². The van der Waals surface area contributed by atoms with Gasteiger partial charge in [0.25, 0.3) is 10.0 Å². The number of anilines is 3. The average Bonchev–Trinajstić information content (AvgIpc) is 2.60. The molecule has 0 fully saturated rings. The first-order valence-electron chi connectivity index (χ1n) is 8.24. The molecular weight excluding hydrogens is 346 g/mol. The minimum absolute atomic E-state index is 0.249. The van der Waals surface area contributed by atoms with E-state index in [1.165, 1.54) is 0 Å². The maximum Gasteiger partial charge on any atom is 0.263 e. The number of hydrogen-bond acceptors (Lipinski definition) is 4. The Morgan fingerprint density at radius 1 is 0.885 bits per heavy atom. The van der Waals surface area contributed by atoms with Crippen LogP contribution < -0.4 is 10.0 Å². The Bertz CT molecular complexity index is 1030. The molecule has 0 spiro atoms. The van der Waals surface area contributed by atoms with Gasteiger partial charge in [0.1, 0.15) is 5.82 Å². The van der Waals surface area contributed by atoms with E-state index >= 15 is 0 Å². The third-order valence-corrected chi connectivity index (χ3v) is 5.57. The standard InChI is InChI=1S/C20H21N3O2S/c1-14-8-9-15(2)18(12-14)22-17-10-11-20(21-13-17)23-26(24,25)19-7-5-4-6-16(19)3/h4-13,22H,1-3H3,(H,21,23). The topological polar surface area (TPSA) is 71.1 Å². The van der Waals surface area contributed by atoms with Gasteiger partial charge in [-0.3, -0.25) is 4.72 Å². The van der Waals surface area contributed by atoms with Crippen molar-refractivity contribution in [1.82, 2.24) is 4.98 Å². The summed E-state index contributed by atoms with van der Waals surface area (Å²) in [7, 11) is -3.66. The van der Waals surface area contributed by atoms with Crippen molar-refractivity contribution in [2.45, 2.75) is 25.7 Å². The molecule has 3 aromatic rings. The van der Waals surface area contributed by atoms with E-state index in [0.717, 1.165) is 22.5 Å². The van der Waals surface area contributed by atoms with Gasteiger partial charge in [-0.05, 0) is 61.7 Å². The molecule has 0 radical (unpaired) electrons. The lowest BCUT2D eigenvalue weighted by molar-refractivity contribution is 0.600. The lowest BCUT2D eigenvalue weighted by atomic mass is 10.1. The second-order valence-corrected chi connectivity index (χ2v) is 7.90. The van der Waals surface area contributed by atoms with E-state index in [-0.39, 0.29) is 10.7 Å². The fourth-order valence-corrected chi connectivity index (χ4v) is 3.86. The summed E-state index contributed by atoms with van der Waals surface area (Å²) in [6, 6.07) is 16.5. The van der Waals surface area contributed by atoms with Crippen LogP contribution in [-0.2, 0) is 10.0 Å². The van der Waals surface area contributed by atoms with E-state index < -0.39 is 10.0 Å². The van der Waals surface area contributed by atoms with Crippen molar-refractivity contribution >= 4 is 27.2 Å². The third kappa shape index (κ3) is 4.03. The van der Waals surface area contributed by atoms with E-state index in [4.69, 9.17) is 0 Å². The zero-order valence-electron chi connectivity index (χ0n) is 14.9. The lowest BCUT2D eigenvalue weighted by Crippen LogP contribution is -2.15. The first-order chi connectivity index (χ1) is 12.3. The summed E-state index contributed by atoms with van der Waals surface area (Å²) in [5, 5.41) is 3.30. The van der Waals surface area contributed by atoms with Gasteiger partial charge in [-0.15, -0.1) is 0 Å². The molecule has 1 aromatic heterocycles. The van der Waals surface area contributed by atoms with Crippen molar-refractivity contribution in [3.63, 3.8) is 0 Å². The van der Waals surface area contributed by atoms with Crippen molar-refractivity contribution in [1.29, 1.82) is 0 Å². The summed E-state index contributed by atoms with van der Waals surface area (Å²) in [6.07, 6.45) is 1.61. The molecule has 0 atom stereocenters. The lowest BCUT2D eigenvalue weighted by Gasteiger charge is -2.12. The SMILES string of the molecule is Cc1ccc(C)c(Nc2ccc(NS(=O)(=O)c3ccccc3C)nc2)c1. The Labute approximate surface area is 154 Å². The molecule has 6 heteroatoms. The van der Waals surface area contributed by atoms with E-state index in [0.29, 0.717) is 5.56 Å². The number of hydrogen-bond donors (Lipinski definition) is 2. The Balaban J connectivity index is 1.78. The van der Waals surface area contributed by atoms with Crippen molar-refractivity contribution in [3.8, 4) is 0 Å². The first kappa shape index (κ1) is 17.9. The number of aromatic nitrogens is 1. The van der Waals surface area contributed by atoms with Gasteiger partial charge in [0, 0.05) is 5.69 Å². The molecule has 0 aliphatic carbocycles. The van der Waals surface area contributed by atoms with E-state index in [1.54, 1.807) is 49.5 Å². The molecule has 0 aliphatic rings. The number of nitrogens with one attached hydrogen (secondary N) is 2. The fourth-order valence-electron chi connectivity index (χ4n) is 2.60. The summed E-state index contributed by atoms with van der Waals surface area (Å²) in [5.74, 6) is 0.278. The van der Waals surface area contributed by atoms with Crippen LogP contribution in [0.25, 0.3) is 0 Å². The van der Waals surface area contributed by atoms with Crippen LogP contribution in [-0.4, -0.2) is 13.4 Å². The average molecular weight is 367 g/mol. The van der Waals surface area contributed by atoms with Crippen LogP contribution in [0.1, 0.15) is 16.7 Å². The molecule has 0 bridgehead atoms. The number of sulfonamides is 1. The highest BCUT2D eigenvalue weighted by Crippen LogP contribution is 2.23. The van der Waals surface area contributed by atoms with E-state index in [9.17, 15) is 8.42 Å². The molecule has 26 heavy (non-hydrogen) atoms. The Hall–Kier alpha value is -2.86. The zero-order valence-corrected chi connectivity index (χ0v) is 15.8. The van der Waals surface area contributed by atoms with Crippen molar-refractivity contribution in [2.75, 3.05) is 10.0 Å². The second-order valence-electron chi connectivity index (χ2n) is 6.25. The molecule has 2 aromatic carbocycles. The number of benzene rings is 2. The van der Waals surface area contributed by atoms with Crippen LogP contribution in [0.5, 0.6) is 0 Å². The number of rotatable bonds is 5. The van der Waals surface area contributed by atoms with Gasteiger partial charge >= 0.3 is 0 Å². The van der Waals surface area contributed by atoms with Gasteiger partial charge in [0.05, 0.1) is 16.8 Å². The summed E-state index contributed by atoms with van der Waals surface area (Å²) in [5.41, 5.74) is 4.76. The van der Waals surface area contributed by atoms with Gasteiger partial charge in [0.15, 0.2) is 0 Å². The molecule has 5 nitrogen and oxygen atoms in total. The predicted octanol–water partition coefficient (Wildman–Crippen LogP) is 4.55. The summed E-state index contributed by atoms with van der Waals surface area (Å²) in [4.78, 5) is 4.46. The maximum absolute atomic E-state index is 12.5. The Morgan fingerprint density at radius 3 is 2.35 bits per heavy atom. The predicted molar refractivity (Wildman–Crippen MR) is 105 cm³/mol. The van der Waals surface area contributed by atoms with Crippen LogP contribution in [0.4, 0.5) is 17.2 Å². The monoisotopic (exact) mass is 367 g/mol. The van der Waals surface area contributed by atoms with Crippen LogP contribution in [0.2, 0.25) is 0 Å². The Kier molecular flexibility index (Phi) is 4.95. The molecule has 2 N–H and O–H groups in total. The molecule has 0 saturated carbocycles. The molecule has 134 valence electrons. The number of aryl methyl sites for hydroxylation is 3. The third-order valence-electron chi connectivity index (χ3n) is 4.06. The van der Waals surface area contributed by atoms with Crippen LogP contribution in [0.3, 0.4) is 0 Å². The van der Waals surface area contributed by atoms with Gasteiger partial charge < -0.3 is 5.32 Å². The first-order valence-corrected chi connectivity index (χ1v) is 9.72. The Morgan fingerprint density at radius 2 is 1.65 bits per heavy atom. The molecule has 3 rings (SSSR count). The van der Waals surface area contributed by atoms with Crippen molar-refractivity contribution in [3.05, 3.63) is 77.5 Å². The molecule has 0 saturated heterocycles. The van der Waals surface area contributed by atoms with E-state index in [1.807, 2.05) is 13.8 Å². The van der Waals surface area contributed by atoms with Gasteiger partial charge in [-0.2, -0.15) is 0 Å². The molecule has 0 aliphatic heterocycles. The van der Waals surface area contributed by atoms with Crippen LogP contribution in [0.15, 0.2) is 65.7 Å². The smallest absolute Gasteiger partial charge is 0.263 e. The highest BCUT2D eigenvalue weighted by atomic mass is 32.2. The minimum atomic E-state index is -3.66. The van der Waals surface area contributed by atoms with Crippen molar-refractivity contribution < 1.29 is 8.42 Å². The largest absolute Gasteiger partial charge is 0.354 e. The minimum Gasteiger partial charge on any atom is -0.354 e. The van der Waals surface area contributed by atoms with E-state index in [2.05, 4.69) is 33.2 Å². The molecule has 0 amide bonds. The van der Waals surface area contributed by atoms with Crippen LogP contribution in [0, 0.1) is 20.8 Å². The number of pyridine rings is 1. The molecular formula is C20H21N3O2S. The fraction of sp³-hybridized carbons (Fsp3) is 0.150. The normalized spacial score (nSPS) is 11.2.